The molecule has 0 bridgehead atoms. The van der Waals surface area contributed by atoms with E-state index in [1.165, 1.54) is 10.8 Å². The van der Waals surface area contributed by atoms with Gasteiger partial charge in [-0.15, -0.1) is 16.4 Å². The summed E-state index contributed by atoms with van der Waals surface area (Å²) in [6.07, 6.45) is 3.22. The van der Waals surface area contributed by atoms with Crippen LogP contribution in [0, 0.1) is 0 Å². The Balaban J connectivity index is 1.83. The smallest absolute Gasteiger partial charge is 0.272 e. The minimum atomic E-state index is -0.301. The van der Waals surface area contributed by atoms with Gasteiger partial charge in [-0.05, 0) is 35.7 Å². The Morgan fingerprint density at radius 3 is 2.96 bits per heavy atom. The maximum absolute atomic E-state index is 12.5. The quantitative estimate of drug-likeness (QED) is 0.571. The van der Waals surface area contributed by atoms with Crippen molar-refractivity contribution in [2.45, 2.75) is 0 Å². The zero-order valence-electron chi connectivity index (χ0n) is 13.3. The summed E-state index contributed by atoms with van der Waals surface area (Å²) in [6, 6.07) is 11.3. The molecule has 2 N–H and O–H groups in total. The summed E-state index contributed by atoms with van der Waals surface area (Å²) in [7, 11) is 1.60. The standard InChI is InChI=1S/C18H14N4O2S/c1-24-12-5-4-11-9-14-17(19)21-22(18(14)20-15(11)10-12)16(23)7-6-13-3-2-8-25-13/h2-10H,1H3,(H2,19,21)/b7-6+. The fourth-order valence-electron chi connectivity index (χ4n) is 2.59. The van der Waals surface area contributed by atoms with Crippen LogP contribution in [0.5, 0.6) is 5.75 Å². The first-order valence-electron chi connectivity index (χ1n) is 7.54. The van der Waals surface area contributed by atoms with Crippen molar-refractivity contribution in [3.8, 4) is 5.75 Å². The van der Waals surface area contributed by atoms with Crippen molar-refractivity contribution in [1.29, 1.82) is 0 Å². The van der Waals surface area contributed by atoms with E-state index >= 15 is 0 Å². The van der Waals surface area contributed by atoms with E-state index in [9.17, 15) is 4.79 Å². The Bertz CT molecular complexity index is 1110. The summed E-state index contributed by atoms with van der Waals surface area (Å²) in [5.74, 6) is 0.672. The van der Waals surface area contributed by atoms with E-state index in [0.29, 0.717) is 22.3 Å². The first kappa shape index (κ1) is 15.3. The van der Waals surface area contributed by atoms with Crippen LogP contribution in [0.2, 0.25) is 0 Å². The molecule has 0 saturated heterocycles. The molecule has 0 aliphatic heterocycles. The molecule has 0 unspecified atom stereocenters. The second-order valence-corrected chi connectivity index (χ2v) is 6.38. The zero-order valence-corrected chi connectivity index (χ0v) is 14.2. The minimum absolute atomic E-state index is 0.276. The lowest BCUT2D eigenvalue weighted by molar-refractivity contribution is 0.0960. The van der Waals surface area contributed by atoms with Crippen LogP contribution in [0.3, 0.4) is 0 Å². The highest BCUT2D eigenvalue weighted by Crippen LogP contribution is 2.26. The average Bonchev–Trinajstić information content (AvgIpc) is 3.26. The maximum Gasteiger partial charge on any atom is 0.272 e. The van der Waals surface area contributed by atoms with Crippen molar-refractivity contribution in [2.24, 2.45) is 0 Å². The first-order chi connectivity index (χ1) is 12.2. The van der Waals surface area contributed by atoms with E-state index in [1.807, 2.05) is 41.8 Å². The van der Waals surface area contributed by atoms with Crippen molar-refractivity contribution in [3.05, 3.63) is 52.7 Å². The molecule has 7 heteroatoms. The highest BCUT2D eigenvalue weighted by atomic mass is 32.1. The number of benzene rings is 1. The number of allylic oxidation sites excluding steroid dienone is 1. The first-order valence-corrected chi connectivity index (χ1v) is 8.42. The van der Waals surface area contributed by atoms with Crippen molar-refractivity contribution in [2.75, 3.05) is 12.8 Å². The number of hydrogen-bond acceptors (Lipinski definition) is 6. The molecular formula is C18H14N4O2S. The van der Waals surface area contributed by atoms with E-state index in [1.54, 1.807) is 24.5 Å². The van der Waals surface area contributed by atoms with Crippen molar-refractivity contribution >= 4 is 51.1 Å². The number of nitrogens with zero attached hydrogens (tertiary/aromatic N) is 3. The molecule has 0 atom stereocenters. The van der Waals surface area contributed by atoms with Gasteiger partial charge in [0.25, 0.3) is 5.91 Å². The monoisotopic (exact) mass is 350 g/mol. The van der Waals surface area contributed by atoms with Gasteiger partial charge in [0, 0.05) is 22.4 Å². The molecular weight excluding hydrogens is 336 g/mol. The molecule has 4 aromatic rings. The Morgan fingerprint density at radius 2 is 2.20 bits per heavy atom. The number of carbonyl (C=O) groups excluding carboxylic acids is 1. The molecule has 0 aliphatic rings. The molecule has 4 rings (SSSR count). The fourth-order valence-corrected chi connectivity index (χ4v) is 3.20. The third-order valence-electron chi connectivity index (χ3n) is 3.83. The Labute approximate surface area is 147 Å². The van der Waals surface area contributed by atoms with E-state index in [0.717, 1.165) is 10.3 Å². The van der Waals surface area contributed by atoms with E-state index in [-0.39, 0.29) is 11.7 Å². The molecule has 0 aliphatic carbocycles. The molecule has 124 valence electrons. The lowest BCUT2D eigenvalue weighted by Crippen LogP contribution is -2.10. The third kappa shape index (κ3) is 2.74. The van der Waals surface area contributed by atoms with Crippen LogP contribution in [-0.2, 0) is 0 Å². The number of nitrogen functional groups attached to an aromatic ring is 1. The Morgan fingerprint density at radius 1 is 1.32 bits per heavy atom. The number of ether oxygens (including phenoxy) is 1. The number of nitrogens with two attached hydrogens (primary N) is 1. The molecule has 6 nitrogen and oxygen atoms in total. The summed E-state index contributed by atoms with van der Waals surface area (Å²) >= 11 is 1.55. The topological polar surface area (TPSA) is 83.0 Å². The fraction of sp³-hybridized carbons (Fsp3) is 0.0556. The van der Waals surface area contributed by atoms with E-state index in [4.69, 9.17) is 10.5 Å². The van der Waals surface area contributed by atoms with Crippen LogP contribution in [-0.4, -0.2) is 27.8 Å². The average molecular weight is 350 g/mol. The molecule has 1 aromatic carbocycles. The molecule has 0 fully saturated rings. The van der Waals surface area contributed by atoms with Crippen LogP contribution < -0.4 is 10.5 Å². The number of anilines is 1. The number of rotatable bonds is 3. The van der Waals surface area contributed by atoms with Crippen molar-refractivity contribution < 1.29 is 9.53 Å². The number of methoxy groups -OCH3 is 1. The highest BCUT2D eigenvalue weighted by molar-refractivity contribution is 7.10. The normalized spacial score (nSPS) is 11.6. The number of thiophene rings is 1. The predicted molar refractivity (Wildman–Crippen MR) is 100.0 cm³/mol. The highest BCUT2D eigenvalue weighted by Gasteiger charge is 2.15. The van der Waals surface area contributed by atoms with Crippen LogP contribution >= 0.6 is 11.3 Å². The third-order valence-corrected chi connectivity index (χ3v) is 4.67. The summed E-state index contributed by atoms with van der Waals surface area (Å²) in [5.41, 5.74) is 7.12. The van der Waals surface area contributed by atoms with Gasteiger partial charge in [0.15, 0.2) is 11.5 Å². The minimum Gasteiger partial charge on any atom is -0.497 e. The maximum atomic E-state index is 12.5. The zero-order chi connectivity index (χ0) is 17.4. The number of fused-ring (bicyclic) bond motifs is 2. The van der Waals surface area contributed by atoms with E-state index in [2.05, 4.69) is 10.1 Å². The molecule has 3 heterocycles. The number of carbonyl (C=O) groups is 1. The summed E-state index contributed by atoms with van der Waals surface area (Å²) < 4.78 is 6.46. The number of pyridine rings is 1. The second-order valence-electron chi connectivity index (χ2n) is 5.40. The molecule has 25 heavy (non-hydrogen) atoms. The molecule has 0 radical (unpaired) electrons. The van der Waals surface area contributed by atoms with Crippen molar-refractivity contribution in [3.63, 3.8) is 0 Å². The van der Waals surface area contributed by atoms with Gasteiger partial charge < -0.3 is 10.5 Å². The summed E-state index contributed by atoms with van der Waals surface area (Å²) in [4.78, 5) is 18.1. The SMILES string of the molecule is COc1ccc2cc3c(N)nn(C(=O)/C=C/c4cccs4)c3nc2c1. The molecule has 0 spiro atoms. The Kier molecular flexibility index (Phi) is 3.70. The lowest BCUT2D eigenvalue weighted by atomic mass is 10.2. The van der Waals surface area contributed by atoms with Gasteiger partial charge in [-0.1, -0.05) is 6.07 Å². The van der Waals surface area contributed by atoms with Gasteiger partial charge >= 0.3 is 0 Å². The van der Waals surface area contributed by atoms with Gasteiger partial charge in [-0.2, -0.15) is 4.68 Å². The molecule has 0 amide bonds. The van der Waals surface area contributed by atoms with Crippen LogP contribution in [0.1, 0.15) is 9.67 Å². The lowest BCUT2D eigenvalue weighted by Gasteiger charge is -2.03. The van der Waals surface area contributed by atoms with E-state index < -0.39 is 0 Å². The number of aromatic nitrogens is 3. The van der Waals surface area contributed by atoms with Gasteiger partial charge in [0.1, 0.15) is 5.75 Å². The van der Waals surface area contributed by atoms with Gasteiger partial charge in [0.05, 0.1) is 18.0 Å². The van der Waals surface area contributed by atoms with Crippen LogP contribution in [0.15, 0.2) is 47.9 Å². The van der Waals surface area contributed by atoms with Gasteiger partial charge in [0.2, 0.25) is 0 Å². The predicted octanol–water partition coefficient (Wildman–Crippen LogP) is 3.59. The Hall–Kier alpha value is -3.19. The van der Waals surface area contributed by atoms with Crippen LogP contribution in [0.25, 0.3) is 28.0 Å². The van der Waals surface area contributed by atoms with Gasteiger partial charge in [-0.3, -0.25) is 4.79 Å². The van der Waals surface area contributed by atoms with Crippen LogP contribution in [0.4, 0.5) is 5.82 Å². The molecule has 0 saturated carbocycles. The summed E-state index contributed by atoms with van der Waals surface area (Å²) in [5, 5.41) is 7.66. The molecule has 3 aromatic heterocycles. The number of hydrogen-bond donors (Lipinski definition) is 1. The van der Waals surface area contributed by atoms with Crippen molar-refractivity contribution in [1.82, 2.24) is 14.8 Å². The second kappa shape index (κ2) is 6.03. The van der Waals surface area contributed by atoms with Gasteiger partial charge in [-0.25, -0.2) is 4.98 Å². The summed E-state index contributed by atoms with van der Waals surface area (Å²) in [6.45, 7) is 0. The largest absolute Gasteiger partial charge is 0.497 e.